The molecule has 0 radical (unpaired) electrons. The molecule has 4 heteroatoms. The largest absolute Gasteiger partial charge is 0.398 e. The molecule has 1 saturated heterocycles. The molecule has 1 aliphatic rings. The Labute approximate surface area is 107 Å². The molecule has 2 atom stereocenters. The van der Waals surface area contributed by atoms with Crippen LogP contribution in [0.3, 0.4) is 0 Å². The first-order chi connectivity index (χ1) is 8.50. The Morgan fingerprint density at radius 3 is 2.89 bits per heavy atom. The highest BCUT2D eigenvalue weighted by Gasteiger charge is 2.28. The molecule has 4 nitrogen and oxygen atoms in total. The summed E-state index contributed by atoms with van der Waals surface area (Å²) in [6, 6.07) is 5.47. The minimum absolute atomic E-state index is 0.0813. The number of carbonyl (C=O) groups is 1. The van der Waals surface area contributed by atoms with Crippen LogP contribution in [0.1, 0.15) is 29.3 Å². The van der Waals surface area contributed by atoms with E-state index in [9.17, 15) is 9.90 Å². The Morgan fingerprint density at radius 2 is 2.22 bits per heavy atom. The molecule has 1 fully saturated rings. The van der Waals surface area contributed by atoms with Gasteiger partial charge in [0.2, 0.25) is 0 Å². The number of aliphatic hydroxyl groups is 1. The number of para-hydroxylation sites is 1. The molecule has 1 aromatic carbocycles. The van der Waals surface area contributed by atoms with Crippen LogP contribution in [0.2, 0.25) is 0 Å². The van der Waals surface area contributed by atoms with Gasteiger partial charge in [0, 0.05) is 18.8 Å². The molecule has 0 aliphatic carbocycles. The number of piperidine rings is 1. The van der Waals surface area contributed by atoms with Crippen LogP contribution < -0.4 is 5.73 Å². The van der Waals surface area contributed by atoms with Crippen LogP contribution in [0.4, 0.5) is 5.69 Å². The molecule has 2 unspecified atom stereocenters. The summed E-state index contributed by atoms with van der Waals surface area (Å²) in [7, 11) is 0. The zero-order chi connectivity index (χ0) is 13.3. The third-order valence-electron chi connectivity index (χ3n) is 3.76. The first-order valence-corrected chi connectivity index (χ1v) is 6.33. The predicted octanol–water partition coefficient (Wildman–Crippen LogP) is 1.42. The lowest BCUT2D eigenvalue weighted by molar-refractivity contribution is 0.0249. The van der Waals surface area contributed by atoms with Crippen molar-refractivity contribution in [2.75, 3.05) is 18.8 Å². The molecule has 0 aromatic heterocycles. The predicted molar refractivity (Wildman–Crippen MR) is 71.3 cm³/mol. The average Bonchev–Trinajstić information content (AvgIpc) is 2.35. The Morgan fingerprint density at radius 1 is 1.50 bits per heavy atom. The molecule has 98 valence electrons. The van der Waals surface area contributed by atoms with E-state index in [1.54, 1.807) is 11.0 Å². The van der Waals surface area contributed by atoms with Crippen LogP contribution >= 0.6 is 0 Å². The number of β-amino-alcohol motifs (C(OH)–C–C–N with tert-alkyl or cyclic N) is 1. The van der Waals surface area contributed by atoms with Crippen molar-refractivity contribution in [3.8, 4) is 0 Å². The van der Waals surface area contributed by atoms with Gasteiger partial charge < -0.3 is 15.7 Å². The van der Waals surface area contributed by atoms with Crippen LogP contribution in [0, 0.1) is 12.8 Å². The van der Waals surface area contributed by atoms with E-state index in [4.69, 9.17) is 5.73 Å². The highest BCUT2D eigenvalue weighted by molar-refractivity contribution is 5.99. The minimum atomic E-state index is -0.436. The molecule has 0 spiro atoms. The second-order valence-electron chi connectivity index (χ2n) is 5.12. The van der Waals surface area contributed by atoms with Crippen LogP contribution in [0.5, 0.6) is 0 Å². The standard InChI is InChI=1S/C14H20N2O2/c1-9-6-7-16(8-12(9)17)14(18)11-5-3-4-10(2)13(11)15/h3-5,9,12,17H,6-8,15H2,1-2H3. The lowest BCUT2D eigenvalue weighted by atomic mass is 9.95. The van der Waals surface area contributed by atoms with E-state index in [-0.39, 0.29) is 11.8 Å². The first-order valence-electron chi connectivity index (χ1n) is 6.33. The maximum absolute atomic E-state index is 12.4. The molecule has 0 bridgehead atoms. The van der Waals surface area contributed by atoms with Crippen molar-refractivity contribution in [3.05, 3.63) is 29.3 Å². The van der Waals surface area contributed by atoms with Crippen molar-refractivity contribution in [2.45, 2.75) is 26.4 Å². The van der Waals surface area contributed by atoms with E-state index in [0.29, 0.717) is 24.3 Å². The molecule has 2 rings (SSSR count). The van der Waals surface area contributed by atoms with Gasteiger partial charge in [-0.3, -0.25) is 4.79 Å². The number of aryl methyl sites for hydroxylation is 1. The van der Waals surface area contributed by atoms with Gasteiger partial charge in [-0.2, -0.15) is 0 Å². The van der Waals surface area contributed by atoms with Crippen LogP contribution in [0.25, 0.3) is 0 Å². The summed E-state index contributed by atoms with van der Waals surface area (Å²) < 4.78 is 0. The number of hydrogen-bond acceptors (Lipinski definition) is 3. The molecule has 1 amide bonds. The summed E-state index contributed by atoms with van der Waals surface area (Å²) in [5.74, 6) is 0.172. The third-order valence-corrected chi connectivity index (χ3v) is 3.76. The summed E-state index contributed by atoms with van der Waals surface area (Å²) in [6.45, 7) is 4.98. The Kier molecular flexibility index (Phi) is 3.57. The number of benzene rings is 1. The molecule has 0 saturated carbocycles. The molecule has 1 aliphatic heterocycles. The summed E-state index contributed by atoms with van der Waals surface area (Å²) in [5.41, 5.74) is 7.93. The van der Waals surface area contributed by atoms with Crippen molar-refractivity contribution in [1.29, 1.82) is 0 Å². The SMILES string of the molecule is Cc1cccc(C(=O)N2CCC(C)C(O)C2)c1N. The summed E-state index contributed by atoms with van der Waals surface area (Å²) in [5, 5.41) is 9.84. The summed E-state index contributed by atoms with van der Waals surface area (Å²) in [4.78, 5) is 14.1. The zero-order valence-corrected chi connectivity index (χ0v) is 10.9. The maximum Gasteiger partial charge on any atom is 0.256 e. The normalized spacial score (nSPS) is 24.1. The lowest BCUT2D eigenvalue weighted by Gasteiger charge is -2.34. The number of likely N-dealkylation sites (tertiary alicyclic amines) is 1. The van der Waals surface area contributed by atoms with Gasteiger partial charge in [0.05, 0.1) is 11.7 Å². The zero-order valence-electron chi connectivity index (χ0n) is 10.9. The van der Waals surface area contributed by atoms with Crippen molar-refractivity contribution >= 4 is 11.6 Å². The topological polar surface area (TPSA) is 66.6 Å². The third kappa shape index (κ3) is 2.34. The number of hydrogen-bond donors (Lipinski definition) is 2. The number of anilines is 1. The van der Waals surface area contributed by atoms with Gasteiger partial charge >= 0.3 is 0 Å². The highest BCUT2D eigenvalue weighted by atomic mass is 16.3. The van der Waals surface area contributed by atoms with Crippen molar-refractivity contribution < 1.29 is 9.90 Å². The number of nitrogen functional groups attached to an aromatic ring is 1. The van der Waals surface area contributed by atoms with Crippen molar-refractivity contribution in [3.63, 3.8) is 0 Å². The van der Waals surface area contributed by atoms with Crippen LogP contribution in [0.15, 0.2) is 18.2 Å². The molecule has 1 heterocycles. The van der Waals surface area contributed by atoms with Gasteiger partial charge in [-0.1, -0.05) is 19.1 Å². The van der Waals surface area contributed by atoms with Crippen molar-refractivity contribution in [1.82, 2.24) is 4.90 Å². The number of rotatable bonds is 1. The average molecular weight is 248 g/mol. The van der Waals surface area contributed by atoms with Crippen LogP contribution in [-0.2, 0) is 0 Å². The fourth-order valence-electron chi connectivity index (χ4n) is 2.27. The van der Waals surface area contributed by atoms with Gasteiger partial charge in [0.25, 0.3) is 5.91 Å². The molecular weight excluding hydrogens is 228 g/mol. The number of carbonyl (C=O) groups excluding carboxylic acids is 1. The van der Waals surface area contributed by atoms with E-state index >= 15 is 0 Å². The van der Waals surface area contributed by atoms with E-state index in [0.717, 1.165) is 12.0 Å². The Bertz CT molecular complexity index is 459. The highest BCUT2D eigenvalue weighted by Crippen LogP contribution is 2.22. The van der Waals surface area contributed by atoms with Crippen LogP contribution in [-0.4, -0.2) is 35.1 Å². The molecule has 18 heavy (non-hydrogen) atoms. The molecular formula is C14H20N2O2. The quantitative estimate of drug-likeness (QED) is 0.739. The molecule has 1 aromatic rings. The van der Waals surface area contributed by atoms with E-state index in [2.05, 4.69) is 0 Å². The van der Waals surface area contributed by atoms with E-state index < -0.39 is 6.10 Å². The van der Waals surface area contributed by atoms with E-state index in [1.807, 2.05) is 26.0 Å². The Balaban J connectivity index is 2.19. The fourth-order valence-corrected chi connectivity index (χ4v) is 2.27. The number of aliphatic hydroxyl groups excluding tert-OH is 1. The van der Waals surface area contributed by atoms with Gasteiger partial charge in [-0.15, -0.1) is 0 Å². The van der Waals surface area contributed by atoms with Gasteiger partial charge in [-0.25, -0.2) is 0 Å². The van der Waals surface area contributed by atoms with Gasteiger partial charge in [-0.05, 0) is 30.9 Å². The van der Waals surface area contributed by atoms with E-state index in [1.165, 1.54) is 0 Å². The number of nitrogens with zero attached hydrogens (tertiary/aromatic N) is 1. The first kappa shape index (κ1) is 12.9. The Hall–Kier alpha value is -1.55. The number of amides is 1. The van der Waals surface area contributed by atoms with Gasteiger partial charge in [0.1, 0.15) is 0 Å². The lowest BCUT2D eigenvalue weighted by Crippen LogP contribution is -2.46. The summed E-state index contributed by atoms with van der Waals surface area (Å²) >= 11 is 0. The minimum Gasteiger partial charge on any atom is -0.398 e. The van der Waals surface area contributed by atoms with Gasteiger partial charge in [0.15, 0.2) is 0 Å². The smallest absolute Gasteiger partial charge is 0.256 e. The maximum atomic E-state index is 12.4. The second-order valence-corrected chi connectivity index (χ2v) is 5.12. The summed E-state index contributed by atoms with van der Waals surface area (Å²) in [6.07, 6.45) is 0.396. The van der Waals surface area contributed by atoms with Crippen molar-refractivity contribution in [2.24, 2.45) is 5.92 Å². The second kappa shape index (κ2) is 4.98. The fraction of sp³-hybridized carbons (Fsp3) is 0.500. The monoisotopic (exact) mass is 248 g/mol. The molecule has 3 N–H and O–H groups in total. The number of nitrogens with two attached hydrogens (primary N) is 1.